The number of fused-ring (bicyclic) bond motifs is 1. The molecule has 2 aromatic carbocycles. The SMILES string of the molecule is CCOc1ccc(-n2nc3c(NCCC(O)c4ccccc4)nnc(C)c3c2C)c(F)c1. The predicted molar refractivity (Wildman–Crippen MR) is 122 cm³/mol. The Bertz CT molecular complexity index is 1230. The highest BCUT2D eigenvalue weighted by Gasteiger charge is 2.19. The highest BCUT2D eigenvalue weighted by atomic mass is 19.1. The molecule has 0 aliphatic rings. The third-order valence-electron chi connectivity index (χ3n) is 5.36. The van der Waals surface area contributed by atoms with Crippen LogP contribution in [0.4, 0.5) is 10.2 Å². The second kappa shape index (κ2) is 9.32. The lowest BCUT2D eigenvalue weighted by atomic mass is 10.1. The molecule has 0 bridgehead atoms. The van der Waals surface area contributed by atoms with Crippen molar-refractivity contribution in [2.75, 3.05) is 18.5 Å². The van der Waals surface area contributed by atoms with Gasteiger partial charge in [-0.15, -0.1) is 5.10 Å². The number of anilines is 1. The standard InChI is InChI=1S/C24H26FN5O2/c1-4-32-18-10-11-20(19(25)14-18)30-16(3)22-15(2)27-28-24(23(22)29-30)26-13-12-21(31)17-8-6-5-7-9-17/h5-11,14,21,31H,4,12-13H2,1-3H3,(H,26,28). The smallest absolute Gasteiger partial charge is 0.177 e. The van der Waals surface area contributed by atoms with Gasteiger partial charge in [-0.1, -0.05) is 30.3 Å². The molecule has 8 heteroatoms. The average Bonchev–Trinajstić information content (AvgIpc) is 3.14. The molecular formula is C24H26FN5O2. The Morgan fingerprint density at radius 1 is 1.12 bits per heavy atom. The molecule has 0 saturated carbocycles. The number of nitrogens with one attached hydrogen (secondary N) is 1. The van der Waals surface area contributed by atoms with Crippen LogP contribution in [0.25, 0.3) is 16.6 Å². The number of benzene rings is 2. The number of halogens is 1. The van der Waals surface area contributed by atoms with Crippen LogP contribution in [0.3, 0.4) is 0 Å². The Kier molecular flexibility index (Phi) is 6.32. The third kappa shape index (κ3) is 4.27. The number of rotatable bonds is 8. The summed E-state index contributed by atoms with van der Waals surface area (Å²) < 4.78 is 21.8. The van der Waals surface area contributed by atoms with Crippen molar-refractivity contribution in [1.29, 1.82) is 0 Å². The summed E-state index contributed by atoms with van der Waals surface area (Å²) in [5, 5.41) is 27.6. The highest BCUT2D eigenvalue weighted by Crippen LogP contribution is 2.29. The molecule has 1 atom stereocenters. The molecule has 166 valence electrons. The fourth-order valence-electron chi connectivity index (χ4n) is 3.76. The van der Waals surface area contributed by atoms with Crippen molar-refractivity contribution in [2.45, 2.75) is 33.3 Å². The lowest BCUT2D eigenvalue weighted by molar-refractivity contribution is 0.171. The first-order chi connectivity index (χ1) is 15.5. The zero-order valence-electron chi connectivity index (χ0n) is 18.3. The lowest BCUT2D eigenvalue weighted by Gasteiger charge is -2.12. The molecule has 4 aromatic rings. The number of ether oxygens (including phenoxy) is 1. The second-order valence-corrected chi connectivity index (χ2v) is 7.54. The predicted octanol–water partition coefficient (Wildman–Crippen LogP) is 4.51. The van der Waals surface area contributed by atoms with Crippen LogP contribution in [0.5, 0.6) is 5.75 Å². The minimum Gasteiger partial charge on any atom is -0.494 e. The zero-order valence-corrected chi connectivity index (χ0v) is 18.3. The summed E-state index contributed by atoms with van der Waals surface area (Å²) in [7, 11) is 0. The molecule has 0 aliphatic carbocycles. The van der Waals surface area contributed by atoms with Crippen molar-refractivity contribution < 1.29 is 14.2 Å². The Morgan fingerprint density at radius 3 is 2.62 bits per heavy atom. The maximum Gasteiger partial charge on any atom is 0.177 e. The van der Waals surface area contributed by atoms with Crippen LogP contribution in [0, 0.1) is 19.7 Å². The van der Waals surface area contributed by atoms with E-state index in [0.29, 0.717) is 48.0 Å². The lowest BCUT2D eigenvalue weighted by Crippen LogP contribution is -2.10. The van der Waals surface area contributed by atoms with E-state index < -0.39 is 11.9 Å². The molecule has 0 amide bonds. The van der Waals surface area contributed by atoms with Crippen LogP contribution in [-0.2, 0) is 0 Å². The van der Waals surface area contributed by atoms with Crippen LogP contribution < -0.4 is 10.1 Å². The van der Waals surface area contributed by atoms with Gasteiger partial charge in [-0.25, -0.2) is 9.07 Å². The van der Waals surface area contributed by atoms with Crippen LogP contribution in [-0.4, -0.2) is 38.2 Å². The van der Waals surface area contributed by atoms with Crippen LogP contribution >= 0.6 is 0 Å². The van der Waals surface area contributed by atoms with Crippen molar-refractivity contribution in [3.63, 3.8) is 0 Å². The normalized spacial score (nSPS) is 12.2. The quantitative estimate of drug-likeness (QED) is 0.424. The Morgan fingerprint density at radius 2 is 1.91 bits per heavy atom. The molecule has 0 saturated heterocycles. The van der Waals surface area contributed by atoms with Crippen molar-refractivity contribution in [1.82, 2.24) is 20.0 Å². The molecule has 4 rings (SSSR count). The van der Waals surface area contributed by atoms with Crippen LogP contribution in [0.15, 0.2) is 48.5 Å². The molecule has 0 spiro atoms. The van der Waals surface area contributed by atoms with Crippen molar-refractivity contribution in [3.05, 3.63) is 71.3 Å². The number of aliphatic hydroxyl groups is 1. The van der Waals surface area contributed by atoms with Gasteiger partial charge in [0.2, 0.25) is 0 Å². The van der Waals surface area contributed by atoms with Crippen molar-refractivity contribution in [2.24, 2.45) is 0 Å². The number of nitrogens with zero attached hydrogens (tertiary/aromatic N) is 4. The van der Waals surface area contributed by atoms with E-state index in [9.17, 15) is 9.50 Å². The molecule has 2 aromatic heterocycles. The number of aryl methyl sites for hydroxylation is 2. The highest BCUT2D eigenvalue weighted by molar-refractivity contribution is 5.92. The fraction of sp³-hybridized carbons (Fsp3) is 0.292. The number of hydrogen-bond donors (Lipinski definition) is 2. The van der Waals surface area contributed by atoms with E-state index in [1.807, 2.05) is 51.1 Å². The van der Waals surface area contributed by atoms with Gasteiger partial charge in [-0.05, 0) is 44.9 Å². The van der Waals surface area contributed by atoms with E-state index in [1.54, 1.807) is 16.8 Å². The number of hydrogen-bond acceptors (Lipinski definition) is 6. The van der Waals surface area contributed by atoms with Crippen LogP contribution in [0.1, 0.15) is 36.4 Å². The molecular weight excluding hydrogens is 409 g/mol. The summed E-state index contributed by atoms with van der Waals surface area (Å²) in [6, 6.07) is 14.2. The molecule has 0 aliphatic heterocycles. The van der Waals surface area contributed by atoms with E-state index in [2.05, 4.69) is 20.6 Å². The molecule has 7 nitrogen and oxygen atoms in total. The number of aliphatic hydroxyl groups excluding tert-OH is 1. The van der Waals surface area contributed by atoms with E-state index in [1.165, 1.54) is 6.07 Å². The van der Waals surface area contributed by atoms with Crippen molar-refractivity contribution in [3.8, 4) is 11.4 Å². The van der Waals surface area contributed by atoms with E-state index in [4.69, 9.17) is 4.74 Å². The number of aromatic nitrogens is 4. The Balaban J connectivity index is 1.61. The van der Waals surface area contributed by atoms with Crippen LogP contribution in [0.2, 0.25) is 0 Å². The maximum atomic E-state index is 14.8. The summed E-state index contributed by atoms with van der Waals surface area (Å²) in [6.07, 6.45) is -0.0938. The summed E-state index contributed by atoms with van der Waals surface area (Å²) >= 11 is 0. The van der Waals surface area contributed by atoms with Gasteiger partial charge in [0.1, 0.15) is 17.0 Å². The van der Waals surface area contributed by atoms with Crippen molar-refractivity contribution >= 4 is 16.7 Å². The largest absolute Gasteiger partial charge is 0.494 e. The summed E-state index contributed by atoms with van der Waals surface area (Å²) in [6.45, 7) is 6.53. The molecule has 2 N–H and O–H groups in total. The topological polar surface area (TPSA) is 85.1 Å². The zero-order chi connectivity index (χ0) is 22.7. The van der Waals surface area contributed by atoms with Gasteiger partial charge >= 0.3 is 0 Å². The average molecular weight is 436 g/mol. The first-order valence-electron chi connectivity index (χ1n) is 10.6. The maximum absolute atomic E-state index is 14.8. The molecule has 1 unspecified atom stereocenters. The monoisotopic (exact) mass is 435 g/mol. The minimum absolute atomic E-state index is 0.326. The Hall–Kier alpha value is -3.52. The van der Waals surface area contributed by atoms with E-state index >= 15 is 0 Å². The van der Waals surface area contributed by atoms with Gasteiger partial charge < -0.3 is 15.2 Å². The molecule has 0 radical (unpaired) electrons. The fourth-order valence-corrected chi connectivity index (χ4v) is 3.76. The molecule has 32 heavy (non-hydrogen) atoms. The van der Waals surface area contributed by atoms with Gasteiger partial charge in [-0.2, -0.15) is 10.2 Å². The molecule has 0 fully saturated rings. The van der Waals surface area contributed by atoms with Gasteiger partial charge in [0, 0.05) is 12.6 Å². The minimum atomic E-state index is -0.588. The van der Waals surface area contributed by atoms with E-state index in [0.717, 1.165) is 16.6 Å². The van der Waals surface area contributed by atoms with Gasteiger partial charge in [0.25, 0.3) is 0 Å². The van der Waals surface area contributed by atoms with Gasteiger partial charge in [0.15, 0.2) is 11.6 Å². The Labute approximate surface area is 185 Å². The second-order valence-electron chi connectivity index (χ2n) is 7.54. The van der Waals surface area contributed by atoms with Gasteiger partial charge in [-0.3, -0.25) is 0 Å². The summed E-state index contributed by atoms with van der Waals surface area (Å²) in [4.78, 5) is 0. The first kappa shape index (κ1) is 21.7. The first-order valence-corrected chi connectivity index (χ1v) is 10.6. The van der Waals surface area contributed by atoms with E-state index in [-0.39, 0.29) is 0 Å². The third-order valence-corrected chi connectivity index (χ3v) is 5.36. The molecule has 2 heterocycles. The summed E-state index contributed by atoms with van der Waals surface area (Å²) in [5.41, 5.74) is 3.28. The van der Waals surface area contributed by atoms with Gasteiger partial charge in [0.05, 0.1) is 29.5 Å². The summed E-state index contributed by atoms with van der Waals surface area (Å²) in [5.74, 6) is 0.548.